The molecule has 0 heterocycles. The summed E-state index contributed by atoms with van der Waals surface area (Å²) >= 11 is 0. The van der Waals surface area contributed by atoms with E-state index in [2.05, 4.69) is 10.6 Å². The SMILES string of the molecule is CC(NC(=O)CNC(=O)C(CO)NC(=O)C(N)CC(=O)O)C(=O)O. The highest BCUT2D eigenvalue weighted by molar-refractivity contribution is 5.93. The van der Waals surface area contributed by atoms with Gasteiger partial charge in [-0.1, -0.05) is 0 Å². The lowest BCUT2D eigenvalue weighted by molar-refractivity contribution is -0.141. The summed E-state index contributed by atoms with van der Waals surface area (Å²) in [6.45, 7) is -0.169. The number of aliphatic hydroxyl groups excluding tert-OH is 1. The molecule has 0 spiro atoms. The van der Waals surface area contributed by atoms with Crippen LogP contribution < -0.4 is 21.7 Å². The number of hydrogen-bond donors (Lipinski definition) is 7. The average molecular weight is 348 g/mol. The van der Waals surface area contributed by atoms with E-state index in [4.69, 9.17) is 21.1 Å². The second-order valence-electron chi connectivity index (χ2n) is 4.79. The Morgan fingerprint density at radius 3 is 2.08 bits per heavy atom. The van der Waals surface area contributed by atoms with Crippen LogP contribution in [0.15, 0.2) is 0 Å². The van der Waals surface area contributed by atoms with E-state index >= 15 is 0 Å². The second-order valence-corrected chi connectivity index (χ2v) is 4.79. The Morgan fingerprint density at radius 1 is 1.04 bits per heavy atom. The van der Waals surface area contributed by atoms with Crippen LogP contribution in [0.2, 0.25) is 0 Å². The monoisotopic (exact) mass is 348 g/mol. The highest BCUT2D eigenvalue weighted by atomic mass is 16.4. The predicted molar refractivity (Wildman–Crippen MR) is 77.5 cm³/mol. The molecule has 24 heavy (non-hydrogen) atoms. The summed E-state index contributed by atoms with van der Waals surface area (Å²) < 4.78 is 0. The zero-order valence-corrected chi connectivity index (χ0v) is 12.8. The molecule has 12 heteroatoms. The van der Waals surface area contributed by atoms with Crippen molar-refractivity contribution in [3.63, 3.8) is 0 Å². The van der Waals surface area contributed by atoms with Gasteiger partial charge in [-0.25, -0.2) is 0 Å². The molecule has 0 aromatic carbocycles. The van der Waals surface area contributed by atoms with Gasteiger partial charge in [-0.3, -0.25) is 24.0 Å². The highest BCUT2D eigenvalue weighted by Crippen LogP contribution is 1.91. The third-order valence-corrected chi connectivity index (χ3v) is 2.72. The average Bonchev–Trinajstić information content (AvgIpc) is 2.48. The summed E-state index contributed by atoms with van der Waals surface area (Å²) in [6.07, 6.45) is -0.666. The van der Waals surface area contributed by atoms with E-state index in [9.17, 15) is 24.0 Å². The smallest absolute Gasteiger partial charge is 0.325 e. The molecular weight excluding hydrogens is 328 g/mol. The Kier molecular flexibility index (Phi) is 8.97. The van der Waals surface area contributed by atoms with E-state index in [1.807, 2.05) is 5.32 Å². The number of amides is 3. The molecular formula is C12H20N4O8. The van der Waals surface area contributed by atoms with Gasteiger partial charge in [0, 0.05) is 0 Å². The second kappa shape index (κ2) is 10.1. The van der Waals surface area contributed by atoms with Gasteiger partial charge >= 0.3 is 11.9 Å². The van der Waals surface area contributed by atoms with Crippen LogP contribution in [0.25, 0.3) is 0 Å². The predicted octanol–water partition coefficient (Wildman–Crippen LogP) is -4.03. The van der Waals surface area contributed by atoms with Crippen LogP contribution in [-0.2, 0) is 24.0 Å². The summed E-state index contributed by atoms with van der Waals surface area (Å²) in [5.41, 5.74) is 5.30. The Bertz CT molecular complexity index is 509. The molecule has 0 aromatic heterocycles. The number of carbonyl (C=O) groups excluding carboxylic acids is 3. The van der Waals surface area contributed by atoms with E-state index < -0.39 is 67.4 Å². The molecule has 0 saturated heterocycles. The maximum Gasteiger partial charge on any atom is 0.325 e. The fourth-order valence-electron chi connectivity index (χ4n) is 1.40. The van der Waals surface area contributed by atoms with Crippen LogP contribution in [0.5, 0.6) is 0 Å². The normalized spacial score (nSPS) is 14.0. The minimum atomic E-state index is -1.44. The number of carbonyl (C=O) groups is 5. The van der Waals surface area contributed by atoms with Crippen LogP contribution in [0.4, 0.5) is 0 Å². The van der Waals surface area contributed by atoms with Crippen molar-refractivity contribution in [1.29, 1.82) is 0 Å². The summed E-state index contributed by atoms with van der Waals surface area (Å²) in [5.74, 6) is -5.25. The third-order valence-electron chi connectivity index (χ3n) is 2.72. The van der Waals surface area contributed by atoms with Crippen molar-refractivity contribution in [3.8, 4) is 0 Å². The zero-order valence-electron chi connectivity index (χ0n) is 12.8. The van der Waals surface area contributed by atoms with Crippen molar-refractivity contribution in [3.05, 3.63) is 0 Å². The Morgan fingerprint density at radius 2 is 1.62 bits per heavy atom. The Balaban J connectivity index is 4.44. The van der Waals surface area contributed by atoms with E-state index in [1.54, 1.807) is 0 Å². The molecule has 12 nitrogen and oxygen atoms in total. The van der Waals surface area contributed by atoms with Gasteiger partial charge in [-0.15, -0.1) is 0 Å². The lowest BCUT2D eigenvalue weighted by Crippen LogP contribution is -2.55. The molecule has 3 atom stereocenters. The fourth-order valence-corrected chi connectivity index (χ4v) is 1.40. The van der Waals surface area contributed by atoms with Crippen LogP contribution in [0.1, 0.15) is 13.3 Å². The van der Waals surface area contributed by atoms with Gasteiger partial charge in [0.15, 0.2) is 0 Å². The number of hydrogen-bond acceptors (Lipinski definition) is 7. The molecule has 8 N–H and O–H groups in total. The van der Waals surface area contributed by atoms with Gasteiger partial charge in [0.25, 0.3) is 0 Å². The number of carboxylic acids is 2. The van der Waals surface area contributed by atoms with Crippen LogP contribution in [0.3, 0.4) is 0 Å². The molecule has 0 aliphatic carbocycles. The molecule has 0 radical (unpaired) electrons. The number of aliphatic hydroxyl groups is 1. The van der Waals surface area contributed by atoms with Gasteiger partial charge < -0.3 is 37.0 Å². The Labute approximate surface area is 136 Å². The minimum absolute atomic E-state index is 0.579. The molecule has 136 valence electrons. The molecule has 0 bridgehead atoms. The number of nitrogens with two attached hydrogens (primary N) is 1. The van der Waals surface area contributed by atoms with Crippen molar-refractivity contribution in [2.24, 2.45) is 5.73 Å². The molecule has 0 saturated carbocycles. The first-order valence-corrected chi connectivity index (χ1v) is 6.77. The van der Waals surface area contributed by atoms with Gasteiger partial charge in [0.2, 0.25) is 17.7 Å². The summed E-state index contributed by atoms with van der Waals surface area (Å²) in [5, 5.41) is 32.4. The molecule has 0 aliphatic rings. The van der Waals surface area contributed by atoms with E-state index in [1.165, 1.54) is 6.92 Å². The Hall–Kier alpha value is -2.73. The van der Waals surface area contributed by atoms with Gasteiger partial charge in [0.05, 0.1) is 25.6 Å². The van der Waals surface area contributed by atoms with Crippen molar-refractivity contribution >= 4 is 29.7 Å². The molecule has 3 unspecified atom stereocenters. The van der Waals surface area contributed by atoms with Crippen molar-refractivity contribution in [2.45, 2.75) is 31.5 Å². The molecule has 0 aromatic rings. The van der Waals surface area contributed by atoms with Crippen molar-refractivity contribution in [1.82, 2.24) is 16.0 Å². The lowest BCUT2D eigenvalue weighted by Gasteiger charge is -2.18. The number of rotatable bonds is 10. The fraction of sp³-hybridized carbons (Fsp3) is 0.583. The number of nitrogens with one attached hydrogen (secondary N) is 3. The largest absolute Gasteiger partial charge is 0.481 e. The van der Waals surface area contributed by atoms with Crippen molar-refractivity contribution < 1.29 is 39.3 Å². The number of aliphatic carboxylic acids is 2. The standard InChI is InChI=1S/C12H20N4O8/c1-5(12(23)24)15-8(18)3-14-11(22)7(4-17)16-10(21)6(13)2-9(19)20/h5-7,17H,2-4,13H2,1H3,(H,14,22)(H,15,18)(H,16,21)(H,19,20)(H,23,24). The summed E-state index contributed by atoms with van der Waals surface area (Å²) in [7, 11) is 0. The van der Waals surface area contributed by atoms with E-state index in [0.29, 0.717) is 0 Å². The first-order valence-electron chi connectivity index (χ1n) is 6.77. The molecule has 0 fully saturated rings. The first kappa shape index (κ1) is 21.3. The summed E-state index contributed by atoms with van der Waals surface area (Å²) in [4.78, 5) is 55.7. The first-order chi connectivity index (χ1) is 11.1. The van der Waals surface area contributed by atoms with Crippen molar-refractivity contribution in [2.75, 3.05) is 13.2 Å². The highest BCUT2D eigenvalue weighted by Gasteiger charge is 2.25. The van der Waals surface area contributed by atoms with Gasteiger partial charge in [-0.2, -0.15) is 0 Å². The molecule has 3 amide bonds. The van der Waals surface area contributed by atoms with Crippen LogP contribution in [0, 0.1) is 0 Å². The lowest BCUT2D eigenvalue weighted by atomic mass is 10.2. The third kappa shape index (κ3) is 8.05. The molecule has 0 rings (SSSR count). The van der Waals surface area contributed by atoms with Gasteiger partial charge in [-0.05, 0) is 6.92 Å². The quantitative estimate of drug-likeness (QED) is 0.205. The van der Waals surface area contributed by atoms with E-state index in [0.717, 1.165) is 0 Å². The van der Waals surface area contributed by atoms with Crippen LogP contribution in [-0.4, -0.2) is 76.3 Å². The molecule has 0 aliphatic heterocycles. The van der Waals surface area contributed by atoms with Gasteiger partial charge in [0.1, 0.15) is 12.1 Å². The maximum atomic E-state index is 11.7. The topological polar surface area (TPSA) is 208 Å². The van der Waals surface area contributed by atoms with Crippen LogP contribution >= 0.6 is 0 Å². The zero-order chi connectivity index (χ0) is 18.9. The van der Waals surface area contributed by atoms with E-state index in [-0.39, 0.29) is 0 Å². The number of carboxylic acid groups (broad SMARTS) is 2. The summed E-state index contributed by atoms with van der Waals surface area (Å²) in [6, 6.07) is -4.01. The minimum Gasteiger partial charge on any atom is -0.481 e. The maximum absolute atomic E-state index is 11.7.